The Morgan fingerprint density at radius 2 is 1.92 bits per heavy atom. The first kappa shape index (κ1) is 18.4. The third-order valence-electron chi connectivity index (χ3n) is 4.07. The number of primary amides is 1. The Labute approximate surface area is 159 Å². The summed E-state index contributed by atoms with van der Waals surface area (Å²) in [5.74, 6) is -0.100. The van der Waals surface area contributed by atoms with Crippen molar-refractivity contribution in [2.75, 3.05) is 18.5 Å². The summed E-state index contributed by atoms with van der Waals surface area (Å²) in [6.07, 6.45) is 2.20. The van der Waals surface area contributed by atoms with Crippen LogP contribution < -0.4 is 15.8 Å². The fourth-order valence-corrected chi connectivity index (χ4v) is 3.13. The number of hydrogen-bond donors (Lipinski definition) is 2. The van der Waals surface area contributed by atoms with E-state index >= 15 is 0 Å². The van der Waals surface area contributed by atoms with Crippen LogP contribution in [0.5, 0.6) is 5.75 Å². The van der Waals surface area contributed by atoms with Crippen LogP contribution in [0.1, 0.15) is 33.6 Å². The first-order valence-electron chi connectivity index (χ1n) is 8.28. The number of anilines is 1. The zero-order chi connectivity index (χ0) is 18.5. The molecule has 1 heterocycles. The number of carbonyl (C=O) groups is 2. The largest absolute Gasteiger partial charge is 0.490 e. The average Bonchev–Trinajstić information content (AvgIpc) is 3.14. The number of benzene rings is 2. The monoisotopic (exact) mass is 418 g/mol. The summed E-state index contributed by atoms with van der Waals surface area (Å²) in [6.45, 7) is 1.28. The molecule has 26 heavy (non-hydrogen) atoms. The van der Waals surface area contributed by atoms with Crippen LogP contribution in [0.2, 0.25) is 0 Å². The van der Waals surface area contributed by atoms with Crippen molar-refractivity contribution < 1.29 is 19.1 Å². The number of rotatable bonds is 6. The average molecular weight is 419 g/mol. The van der Waals surface area contributed by atoms with E-state index in [1.54, 1.807) is 42.5 Å². The quantitative estimate of drug-likeness (QED) is 0.752. The number of nitrogens with one attached hydrogen (secondary N) is 1. The van der Waals surface area contributed by atoms with Gasteiger partial charge < -0.3 is 20.5 Å². The summed E-state index contributed by atoms with van der Waals surface area (Å²) in [5, 5.41) is 2.78. The van der Waals surface area contributed by atoms with Crippen molar-refractivity contribution in [1.82, 2.24) is 0 Å². The zero-order valence-electron chi connectivity index (χ0n) is 14.0. The number of halogens is 1. The van der Waals surface area contributed by atoms with Gasteiger partial charge in [-0.2, -0.15) is 0 Å². The van der Waals surface area contributed by atoms with Gasteiger partial charge in [0.1, 0.15) is 12.4 Å². The molecule has 0 aliphatic carbocycles. The van der Waals surface area contributed by atoms with Crippen molar-refractivity contribution in [2.24, 2.45) is 5.73 Å². The predicted octanol–water partition coefficient (Wildman–Crippen LogP) is 3.36. The Balaban J connectivity index is 1.61. The van der Waals surface area contributed by atoms with Crippen molar-refractivity contribution in [2.45, 2.75) is 18.9 Å². The van der Waals surface area contributed by atoms with Gasteiger partial charge in [0, 0.05) is 23.4 Å². The SMILES string of the molecule is NC(=O)c1ccc(NC(=O)c2ccc(OCC3CCCO3)c(Br)c2)cc1. The molecule has 0 radical (unpaired) electrons. The second kappa shape index (κ2) is 8.33. The van der Waals surface area contributed by atoms with Gasteiger partial charge in [0.25, 0.3) is 5.91 Å². The van der Waals surface area contributed by atoms with Crippen LogP contribution in [0, 0.1) is 0 Å². The van der Waals surface area contributed by atoms with E-state index in [0.29, 0.717) is 33.6 Å². The first-order valence-corrected chi connectivity index (χ1v) is 9.07. The molecule has 7 heteroatoms. The molecular weight excluding hydrogens is 400 g/mol. The second-order valence-electron chi connectivity index (χ2n) is 5.99. The summed E-state index contributed by atoms with van der Waals surface area (Å²) in [5.41, 5.74) is 6.65. The van der Waals surface area contributed by atoms with Gasteiger partial charge in [-0.05, 0) is 71.2 Å². The summed E-state index contributed by atoms with van der Waals surface area (Å²) in [4.78, 5) is 23.5. The van der Waals surface area contributed by atoms with E-state index in [1.807, 2.05) is 0 Å². The van der Waals surface area contributed by atoms with E-state index in [1.165, 1.54) is 0 Å². The molecule has 1 aliphatic rings. The highest BCUT2D eigenvalue weighted by atomic mass is 79.9. The summed E-state index contributed by atoms with van der Waals surface area (Å²) < 4.78 is 12.0. The first-order chi connectivity index (χ1) is 12.5. The van der Waals surface area contributed by atoms with Crippen molar-refractivity contribution in [3.8, 4) is 5.75 Å². The van der Waals surface area contributed by atoms with E-state index in [0.717, 1.165) is 19.4 Å². The van der Waals surface area contributed by atoms with Gasteiger partial charge in [0.05, 0.1) is 10.6 Å². The van der Waals surface area contributed by atoms with E-state index < -0.39 is 5.91 Å². The highest BCUT2D eigenvalue weighted by Gasteiger charge is 2.17. The lowest BCUT2D eigenvalue weighted by Gasteiger charge is -2.13. The molecule has 0 bridgehead atoms. The Bertz CT molecular complexity index is 802. The lowest BCUT2D eigenvalue weighted by molar-refractivity contribution is 0.0677. The molecular formula is C19H19BrN2O4. The molecule has 3 rings (SSSR count). The van der Waals surface area contributed by atoms with E-state index in [9.17, 15) is 9.59 Å². The molecule has 1 fully saturated rings. The number of carbonyl (C=O) groups excluding carboxylic acids is 2. The molecule has 6 nitrogen and oxygen atoms in total. The minimum atomic E-state index is -0.509. The third kappa shape index (κ3) is 4.62. The molecule has 1 aliphatic heterocycles. The molecule has 3 N–H and O–H groups in total. The van der Waals surface area contributed by atoms with E-state index in [-0.39, 0.29) is 12.0 Å². The Morgan fingerprint density at radius 3 is 2.54 bits per heavy atom. The van der Waals surface area contributed by atoms with Crippen molar-refractivity contribution in [3.63, 3.8) is 0 Å². The Morgan fingerprint density at radius 1 is 1.19 bits per heavy atom. The fourth-order valence-electron chi connectivity index (χ4n) is 2.64. The number of ether oxygens (including phenoxy) is 2. The smallest absolute Gasteiger partial charge is 0.255 e. The van der Waals surface area contributed by atoms with Crippen molar-refractivity contribution in [3.05, 3.63) is 58.1 Å². The van der Waals surface area contributed by atoms with Gasteiger partial charge in [-0.25, -0.2) is 0 Å². The standard InChI is InChI=1S/C19H19BrN2O4/c20-16-10-13(5-8-17(16)26-11-15-2-1-9-25-15)19(24)22-14-6-3-12(4-7-14)18(21)23/h3-8,10,15H,1-2,9,11H2,(H2,21,23)(H,22,24). The summed E-state index contributed by atoms with van der Waals surface area (Å²) >= 11 is 3.44. The zero-order valence-corrected chi connectivity index (χ0v) is 15.6. The molecule has 136 valence electrons. The second-order valence-corrected chi connectivity index (χ2v) is 6.84. The van der Waals surface area contributed by atoms with Gasteiger partial charge in [-0.15, -0.1) is 0 Å². The van der Waals surface area contributed by atoms with Crippen LogP contribution >= 0.6 is 15.9 Å². The highest BCUT2D eigenvalue weighted by molar-refractivity contribution is 9.10. The normalized spacial score (nSPS) is 16.3. The number of hydrogen-bond acceptors (Lipinski definition) is 4. The third-order valence-corrected chi connectivity index (χ3v) is 4.69. The van der Waals surface area contributed by atoms with Gasteiger partial charge in [0.15, 0.2) is 0 Å². The van der Waals surface area contributed by atoms with E-state index in [2.05, 4.69) is 21.2 Å². The van der Waals surface area contributed by atoms with Crippen molar-refractivity contribution in [1.29, 1.82) is 0 Å². The lowest BCUT2D eigenvalue weighted by atomic mass is 10.1. The van der Waals surface area contributed by atoms with Gasteiger partial charge in [0.2, 0.25) is 5.91 Å². The van der Waals surface area contributed by atoms with Crippen LogP contribution in [-0.2, 0) is 4.74 Å². The van der Waals surface area contributed by atoms with Crippen LogP contribution in [0.25, 0.3) is 0 Å². The topological polar surface area (TPSA) is 90.7 Å². The lowest BCUT2D eigenvalue weighted by Crippen LogP contribution is -2.17. The van der Waals surface area contributed by atoms with Crippen LogP contribution in [-0.4, -0.2) is 31.1 Å². The fraction of sp³-hybridized carbons (Fsp3) is 0.263. The molecule has 0 saturated carbocycles. The molecule has 0 spiro atoms. The van der Waals surface area contributed by atoms with E-state index in [4.69, 9.17) is 15.2 Å². The summed E-state index contributed by atoms with van der Waals surface area (Å²) in [6, 6.07) is 11.6. The predicted molar refractivity (Wildman–Crippen MR) is 102 cm³/mol. The minimum Gasteiger partial charge on any atom is -0.490 e. The van der Waals surface area contributed by atoms with Gasteiger partial charge in [-0.3, -0.25) is 9.59 Å². The number of nitrogens with two attached hydrogens (primary N) is 1. The Hall–Kier alpha value is -2.38. The molecule has 1 atom stereocenters. The van der Waals surface area contributed by atoms with Crippen LogP contribution in [0.3, 0.4) is 0 Å². The van der Waals surface area contributed by atoms with Crippen molar-refractivity contribution >= 4 is 33.4 Å². The Kier molecular flexibility index (Phi) is 5.90. The molecule has 1 saturated heterocycles. The maximum absolute atomic E-state index is 12.4. The minimum absolute atomic E-state index is 0.133. The molecule has 2 aromatic carbocycles. The van der Waals surface area contributed by atoms with Crippen LogP contribution in [0.4, 0.5) is 5.69 Å². The van der Waals surface area contributed by atoms with Gasteiger partial charge >= 0.3 is 0 Å². The summed E-state index contributed by atoms with van der Waals surface area (Å²) in [7, 11) is 0. The number of amides is 2. The molecule has 1 unspecified atom stereocenters. The maximum Gasteiger partial charge on any atom is 0.255 e. The molecule has 2 amide bonds. The maximum atomic E-state index is 12.4. The van der Waals surface area contributed by atoms with Gasteiger partial charge in [-0.1, -0.05) is 0 Å². The molecule has 0 aromatic heterocycles. The highest BCUT2D eigenvalue weighted by Crippen LogP contribution is 2.27. The van der Waals surface area contributed by atoms with Crippen LogP contribution in [0.15, 0.2) is 46.9 Å². The molecule has 2 aromatic rings.